The minimum absolute atomic E-state index is 0.0606. The van der Waals surface area contributed by atoms with E-state index in [1.165, 1.54) is 17.4 Å². The number of rotatable bonds is 6. The average molecular weight is 327 g/mol. The number of nitrogens with two attached hydrogens (primary N) is 1. The van der Waals surface area contributed by atoms with Crippen molar-refractivity contribution >= 4 is 38.6 Å². The lowest BCUT2D eigenvalue weighted by Gasteiger charge is -2.10. The van der Waals surface area contributed by atoms with Gasteiger partial charge in [-0.3, -0.25) is 0 Å². The molecular formula is C12H13N3O2S3. The maximum atomic E-state index is 12.2. The maximum absolute atomic E-state index is 12.2. The predicted octanol–water partition coefficient (Wildman–Crippen LogP) is 1.30. The normalized spacial score (nSPS) is 11.4. The lowest BCUT2D eigenvalue weighted by atomic mass is 10.2. The zero-order chi connectivity index (χ0) is 14.6. The fourth-order valence-electron chi connectivity index (χ4n) is 1.66. The first-order chi connectivity index (χ1) is 9.50. The monoisotopic (exact) mass is 327 g/mol. The van der Waals surface area contributed by atoms with Crippen molar-refractivity contribution in [1.82, 2.24) is 9.71 Å². The molecule has 0 radical (unpaired) electrons. The van der Waals surface area contributed by atoms with E-state index in [0.29, 0.717) is 12.0 Å². The van der Waals surface area contributed by atoms with Crippen LogP contribution in [0.1, 0.15) is 11.3 Å². The van der Waals surface area contributed by atoms with Crippen LogP contribution in [-0.2, 0) is 16.4 Å². The molecular weight excluding hydrogens is 314 g/mol. The zero-order valence-corrected chi connectivity index (χ0v) is 12.9. The molecule has 1 aromatic carbocycles. The van der Waals surface area contributed by atoms with E-state index in [2.05, 4.69) is 9.71 Å². The number of thiocarbonyl (C=S) groups is 1. The summed E-state index contributed by atoms with van der Waals surface area (Å²) >= 11 is 6.35. The lowest BCUT2D eigenvalue weighted by Crippen LogP contribution is -2.28. The summed E-state index contributed by atoms with van der Waals surface area (Å²) in [6.45, 7) is 0.276. The van der Waals surface area contributed by atoms with Crippen LogP contribution in [0.2, 0.25) is 0 Å². The van der Waals surface area contributed by atoms with Gasteiger partial charge in [0.2, 0.25) is 10.0 Å². The molecule has 106 valence electrons. The molecule has 0 aliphatic carbocycles. The molecule has 0 amide bonds. The van der Waals surface area contributed by atoms with Gasteiger partial charge < -0.3 is 5.73 Å². The molecule has 0 aliphatic heterocycles. The lowest BCUT2D eigenvalue weighted by molar-refractivity contribution is 0.581. The van der Waals surface area contributed by atoms with Crippen molar-refractivity contribution in [3.8, 4) is 0 Å². The van der Waals surface area contributed by atoms with E-state index in [1.54, 1.807) is 23.7 Å². The van der Waals surface area contributed by atoms with Gasteiger partial charge in [-0.25, -0.2) is 18.1 Å². The van der Waals surface area contributed by atoms with E-state index in [4.69, 9.17) is 18.0 Å². The van der Waals surface area contributed by atoms with Crippen LogP contribution >= 0.6 is 23.6 Å². The number of nitrogens with zero attached hydrogens (tertiary/aromatic N) is 1. The smallest absolute Gasteiger partial charge is 0.241 e. The fourth-order valence-corrected chi connectivity index (χ4v) is 3.74. The quantitative estimate of drug-likeness (QED) is 0.781. The zero-order valence-electron chi connectivity index (χ0n) is 10.4. The molecule has 0 unspecified atom stereocenters. The highest BCUT2D eigenvalue weighted by Gasteiger charge is 2.18. The highest BCUT2D eigenvalue weighted by atomic mass is 32.2. The SMILES string of the molecule is NC(=S)c1ccccc1S(=O)(=O)NCCc1cscn1. The van der Waals surface area contributed by atoms with Crippen LogP contribution in [-0.4, -0.2) is 24.9 Å². The number of nitrogens with one attached hydrogen (secondary N) is 1. The largest absolute Gasteiger partial charge is 0.389 e. The standard InChI is InChI=1S/C12H13N3O2S3/c13-12(18)10-3-1-2-4-11(10)20(16,17)15-6-5-9-7-19-8-14-9/h1-4,7-8,15H,5-6H2,(H2,13,18). The number of hydrogen-bond acceptors (Lipinski definition) is 5. The Bertz CT molecular complexity index is 696. The molecule has 5 nitrogen and oxygen atoms in total. The van der Waals surface area contributed by atoms with Crippen molar-refractivity contribution in [2.75, 3.05) is 6.54 Å². The first-order valence-corrected chi connectivity index (χ1v) is 8.59. The second-order valence-electron chi connectivity index (χ2n) is 3.99. The van der Waals surface area contributed by atoms with E-state index >= 15 is 0 Å². The average Bonchev–Trinajstić information content (AvgIpc) is 2.91. The fraction of sp³-hybridized carbons (Fsp3) is 0.167. The molecule has 3 N–H and O–H groups in total. The summed E-state index contributed by atoms with van der Waals surface area (Å²) in [7, 11) is -3.63. The molecule has 1 heterocycles. The van der Waals surface area contributed by atoms with Crippen molar-refractivity contribution in [3.63, 3.8) is 0 Å². The van der Waals surface area contributed by atoms with Crippen molar-refractivity contribution in [3.05, 3.63) is 46.4 Å². The van der Waals surface area contributed by atoms with Gasteiger partial charge in [0.1, 0.15) is 4.99 Å². The first kappa shape index (κ1) is 15.0. The van der Waals surface area contributed by atoms with Crippen LogP contribution in [0.4, 0.5) is 0 Å². The maximum Gasteiger partial charge on any atom is 0.241 e. The molecule has 2 rings (SSSR count). The topological polar surface area (TPSA) is 85.1 Å². The van der Waals surface area contributed by atoms with Crippen LogP contribution < -0.4 is 10.5 Å². The van der Waals surface area contributed by atoms with Gasteiger partial charge in [0.15, 0.2) is 0 Å². The second kappa shape index (κ2) is 6.40. The van der Waals surface area contributed by atoms with Crippen LogP contribution in [0.3, 0.4) is 0 Å². The van der Waals surface area contributed by atoms with E-state index in [9.17, 15) is 8.42 Å². The Morgan fingerprint density at radius 3 is 2.80 bits per heavy atom. The molecule has 0 spiro atoms. The third kappa shape index (κ3) is 3.60. The van der Waals surface area contributed by atoms with E-state index in [0.717, 1.165) is 5.69 Å². The van der Waals surface area contributed by atoms with E-state index < -0.39 is 10.0 Å². The molecule has 0 atom stereocenters. The van der Waals surface area contributed by atoms with Gasteiger partial charge >= 0.3 is 0 Å². The summed E-state index contributed by atoms with van der Waals surface area (Å²) < 4.78 is 27.0. The van der Waals surface area contributed by atoms with E-state index in [1.807, 2.05) is 5.38 Å². The number of thiazole rings is 1. The molecule has 20 heavy (non-hydrogen) atoms. The van der Waals surface area contributed by atoms with Crippen molar-refractivity contribution < 1.29 is 8.42 Å². The highest BCUT2D eigenvalue weighted by Crippen LogP contribution is 2.15. The van der Waals surface area contributed by atoms with Gasteiger partial charge in [0.25, 0.3) is 0 Å². The van der Waals surface area contributed by atoms with Gasteiger partial charge in [-0.05, 0) is 6.07 Å². The molecule has 0 bridgehead atoms. The Morgan fingerprint density at radius 1 is 1.40 bits per heavy atom. The summed E-state index contributed by atoms with van der Waals surface area (Å²) in [5.74, 6) is 0. The van der Waals surface area contributed by atoms with Gasteiger partial charge in [0, 0.05) is 23.9 Å². The van der Waals surface area contributed by atoms with Crippen LogP contribution in [0.15, 0.2) is 40.1 Å². The molecule has 0 saturated carbocycles. The summed E-state index contributed by atoms with van der Waals surface area (Å²) in [4.78, 5) is 4.26. The Morgan fingerprint density at radius 2 is 2.15 bits per heavy atom. The van der Waals surface area contributed by atoms with Crippen LogP contribution in [0, 0.1) is 0 Å². The number of hydrogen-bond donors (Lipinski definition) is 2. The summed E-state index contributed by atoms with van der Waals surface area (Å²) in [6, 6.07) is 6.41. The Labute approximate surface area is 126 Å². The van der Waals surface area contributed by atoms with E-state index in [-0.39, 0.29) is 16.4 Å². The molecule has 0 fully saturated rings. The molecule has 0 saturated heterocycles. The summed E-state index contributed by atoms with van der Waals surface area (Å²) in [5.41, 5.74) is 8.47. The number of benzene rings is 1. The predicted molar refractivity (Wildman–Crippen MR) is 83.3 cm³/mol. The second-order valence-corrected chi connectivity index (χ2v) is 6.88. The Hall–Kier alpha value is -1.35. The molecule has 0 aliphatic rings. The molecule has 8 heteroatoms. The molecule has 2 aromatic rings. The van der Waals surface area contributed by atoms with Crippen molar-refractivity contribution in [2.24, 2.45) is 5.73 Å². The van der Waals surface area contributed by atoms with Crippen LogP contribution in [0.5, 0.6) is 0 Å². The minimum Gasteiger partial charge on any atom is -0.389 e. The van der Waals surface area contributed by atoms with Crippen molar-refractivity contribution in [1.29, 1.82) is 0 Å². The van der Waals surface area contributed by atoms with Gasteiger partial charge in [-0.15, -0.1) is 11.3 Å². The minimum atomic E-state index is -3.63. The number of sulfonamides is 1. The van der Waals surface area contributed by atoms with Gasteiger partial charge in [-0.2, -0.15) is 0 Å². The van der Waals surface area contributed by atoms with Gasteiger partial charge in [0.05, 0.1) is 16.1 Å². The molecule has 1 aromatic heterocycles. The summed E-state index contributed by atoms with van der Waals surface area (Å²) in [5, 5.41) is 1.89. The van der Waals surface area contributed by atoms with Gasteiger partial charge in [-0.1, -0.05) is 30.4 Å². The number of aromatic nitrogens is 1. The Kier molecular flexibility index (Phi) is 4.81. The highest BCUT2D eigenvalue weighted by molar-refractivity contribution is 7.89. The first-order valence-electron chi connectivity index (χ1n) is 5.76. The third-order valence-corrected chi connectivity index (χ3v) is 4.97. The Balaban J connectivity index is 2.12. The van der Waals surface area contributed by atoms with Crippen molar-refractivity contribution in [2.45, 2.75) is 11.3 Å². The summed E-state index contributed by atoms with van der Waals surface area (Å²) in [6.07, 6.45) is 0.540. The van der Waals surface area contributed by atoms with Crippen LogP contribution in [0.25, 0.3) is 0 Å². The third-order valence-electron chi connectivity index (χ3n) is 2.60.